The molecule has 2 aliphatic carbocycles. The van der Waals surface area contributed by atoms with Gasteiger partial charge < -0.3 is 0 Å². The van der Waals surface area contributed by atoms with Gasteiger partial charge in [-0.3, -0.25) is 0 Å². The van der Waals surface area contributed by atoms with Crippen molar-refractivity contribution in [3.63, 3.8) is 0 Å². The Kier molecular flexibility index (Phi) is 3.50. The molecular formula is C32H22. The van der Waals surface area contributed by atoms with Crippen LogP contribution in [0.3, 0.4) is 0 Å². The van der Waals surface area contributed by atoms with Gasteiger partial charge in [-0.1, -0.05) is 109 Å². The highest BCUT2D eigenvalue weighted by molar-refractivity contribution is 5.96. The van der Waals surface area contributed by atoms with Crippen molar-refractivity contribution in [2.75, 3.05) is 0 Å². The lowest BCUT2D eigenvalue weighted by molar-refractivity contribution is 0.786. The zero-order chi connectivity index (χ0) is 21.3. The van der Waals surface area contributed by atoms with Crippen LogP contribution in [0, 0.1) is 6.92 Å². The predicted molar refractivity (Wildman–Crippen MR) is 133 cm³/mol. The van der Waals surface area contributed by atoms with Crippen molar-refractivity contribution in [2.24, 2.45) is 0 Å². The van der Waals surface area contributed by atoms with E-state index >= 15 is 0 Å². The normalized spacial score (nSPS) is 14.0. The Bertz CT molecular complexity index is 1480. The van der Waals surface area contributed by atoms with Gasteiger partial charge in [0, 0.05) is 0 Å². The quantitative estimate of drug-likeness (QED) is 0.259. The van der Waals surface area contributed by atoms with Crippen molar-refractivity contribution in [3.8, 4) is 33.4 Å². The van der Waals surface area contributed by atoms with Crippen LogP contribution in [-0.2, 0) is 5.41 Å². The van der Waals surface area contributed by atoms with Crippen molar-refractivity contribution in [1.29, 1.82) is 0 Å². The highest BCUT2D eigenvalue weighted by Crippen LogP contribution is 2.63. The molecule has 32 heavy (non-hydrogen) atoms. The lowest BCUT2D eigenvalue weighted by atomic mass is 9.69. The molecule has 1 spiro atoms. The van der Waals surface area contributed by atoms with Gasteiger partial charge in [-0.15, -0.1) is 0 Å². The maximum Gasteiger partial charge on any atom is 0.0728 e. The Labute approximate surface area is 188 Å². The van der Waals surface area contributed by atoms with E-state index in [1.807, 2.05) is 0 Å². The van der Waals surface area contributed by atoms with Crippen molar-refractivity contribution in [3.05, 3.63) is 143 Å². The summed E-state index contributed by atoms with van der Waals surface area (Å²) >= 11 is 0. The van der Waals surface area contributed by atoms with E-state index in [0.29, 0.717) is 0 Å². The molecule has 0 unspecified atom stereocenters. The molecule has 150 valence electrons. The van der Waals surface area contributed by atoms with Gasteiger partial charge in [0.15, 0.2) is 0 Å². The Balaban J connectivity index is 1.64. The minimum atomic E-state index is -0.252. The van der Waals surface area contributed by atoms with Gasteiger partial charge in [0.1, 0.15) is 0 Å². The van der Waals surface area contributed by atoms with Crippen LogP contribution >= 0.6 is 0 Å². The van der Waals surface area contributed by atoms with Crippen molar-refractivity contribution in [1.82, 2.24) is 0 Å². The number of fused-ring (bicyclic) bond motifs is 10. The van der Waals surface area contributed by atoms with Gasteiger partial charge in [-0.25, -0.2) is 0 Å². The molecule has 0 saturated carbocycles. The van der Waals surface area contributed by atoms with E-state index in [-0.39, 0.29) is 5.41 Å². The van der Waals surface area contributed by atoms with E-state index in [4.69, 9.17) is 0 Å². The molecule has 0 heterocycles. The minimum Gasteiger partial charge on any atom is -0.0622 e. The molecule has 0 atom stereocenters. The van der Waals surface area contributed by atoms with Gasteiger partial charge >= 0.3 is 0 Å². The summed E-state index contributed by atoms with van der Waals surface area (Å²) in [6.07, 6.45) is 0. The van der Waals surface area contributed by atoms with Gasteiger partial charge in [0.05, 0.1) is 5.41 Å². The van der Waals surface area contributed by atoms with Crippen molar-refractivity contribution < 1.29 is 0 Å². The van der Waals surface area contributed by atoms with Gasteiger partial charge in [0.2, 0.25) is 0 Å². The average molecular weight is 407 g/mol. The molecule has 0 aromatic heterocycles. The maximum atomic E-state index is 2.40. The van der Waals surface area contributed by atoms with E-state index in [1.54, 1.807) is 0 Å². The standard InChI is InChI=1S/C32H22/c1-21-10-9-15-26-27-20-23(22-11-3-2-4-12-22)18-19-30(27)32(31(21)26)28-16-7-5-13-24(28)25-14-6-8-17-29(25)32/h2-20H,1H3. The fraction of sp³-hybridized carbons (Fsp3) is 0.0625. The molecule has 7 rings (SSSR count). The van der Waals surface area contributed by atoms with E-state index in [1.165, 1.54) is 61.2 Å². The Morgan fingerprint density at radius 3 is 1.75 bits per heavy atom. The highest BCUT2D eigenvalue weighted by Gasteiger charge is 2.52. The highest BCUT2D eigenvalue weighted by atomic mass is 14.5. The third-order valence-corrected chi connectivity index (χ3v) is 7.42. The zero-order valence-electron chi connectivity index (χ0n) is 18.0. The number of aryl methyl sites for hydroxylation is 1. The van der Waals surface area contributed by atoms with E-state index < -0.39 is 0 Å². The zero-order valence-corrected chi connectivity index (χ0v) is 18.0. The Morgan fingerprint density at radius 1 is 0.438 bits per heavy atom. The molecule has 0 amide bonds. The topological polar surface area (TPSA) is 0 Å². The lowest BCUT2D eigenvalue weighted by Crippen LogP contribution is -2.26. The molecule has 0 saturated heterocycles. The third-order valence-electron chi connectivity index (χ3n) is 7.42. The number of rotatable bonds is 1. The first-order chi connectivity index (χ1) is 15.8. The molecule has 5 aromatic rings. The fourth-order valence-corrected chi connectivity index (χ4v) is 6.22. The summed E-state index contributed by atoms with van der Waals surface area (Å²) in [6, 6.07) is 42.6. The van der Waals surface area contributed by atoms with E-state index in [0.717, 1.165) is 0 Å². The summed E-state index contributed by atoms with van der Waals surface area (Å²) in [7, 11) is 0. The number of benzene rings is 5. The second-order valence-corrected chi connectivity index (χ2v) is 8.97. The summed E-state index contributed by atoms with van der Waals surface area (Å²) in [6.45, 7) is 2.27. The maximum absolute atomic E-state index is 2.40. The SMILES string of the molecule is Cc1cccc2c1C1(c3ccccc3-c3ccccc31)c1ccc(-c3ccccc3)cc1-2. The van der Waals surface area contributed by atoms with Crippen LogP contribution in [0.2, 0.25) is 0 Å². The Hall–Kier alpha value is -3.90. The first-order valence-corrected chi connectivity index (χ1v) is 11.3. The summed E-state index contributed by atoms with van der Waals surface area (Å²) in [5.41, 5.74) is 14.7. The van der Waals surface area contributed by atoms with Crippen LogP contribution in [0.25, 0.3) is 33.4 Å². The third kappa shape index (κ3) is 2.07. The predicted octanol–water partition coefficient (Wildman–Crippen LogP) is 8.01. The average Bonchev–Trinajstić information content (AvgIpc) is 3.32. The van der Waals surface area contributed by atoms with Crippen LogP contribution < -0.4 is 0 Å². The van der Waals surface area contributed by atoms with Crippen molar-refractivity contribution in [2.45, 2.75) is 12.3 Å². The van der Waals surface area contributed by atoms with Crippen LogP contribution in [0.15, 0.2) is 115 Å². The lowest BCUT2D eigenvalue weighted by Gasteiger charge is -2.31. The van der Waals surface area contributed by atoms with Gasteiger partial charge in [0.25, 0.3) is 0 Å². The first kappa shape index (κ1) is 17.7. The summed E-state index contributed by atoms with van der Waals surface area (Å²) in [4.78, 5) is 0. The smallest absolute Gasteiger partial charge is 0.0622 e. The summed E-state index contributed by atoms with van der Waals surface area (Å²) in [5.74, 6) is 0. The molecule has 0 N–H and O–H groups in total. The van der Waals surface area contributed by atoms with Crippen LogP contribution in [0.5, 0.6) is 0 Å². The number of hydrogen-bond donors (Lipinski definition) is 0. The largest absolute Gasteiger partial charge is 0.0728 e. The molecule has 5 aromatic carbocycles. The molecule has 0 radical (unpaired) electrons. The molecule has 2 aliphatic rings. The molecule has 0 nitrogen and oxygen atoms in total. The first-order valence-electron chi connectivity index (χ1n) is 11.3. The van der Waals surface area contributed by atoms with Crippen LogP contribution in [0.4, 0.5) is 0 Å². The summed E-state index contributed by atoms with van der Waals surface area (Å²) in [5, 5.41) is 0. The van der Waals surface area contributed by atoms with Gasteiger partial charge in [-0.05, 0) is 74.2 Å². The van der Waals surface area contributed by atoms with E-state index in [2.05, 4.69) is 122 Å². The molecule has 0 heteroatoms. The Morgan fingerprint density at radius 2 is 1.03 bits per heavy atom. The monoisotopic (exact) mass is 406 g/mol. The van der Waals surface area contributed by atoms with Crippen LogP contribution in [0.1, 0.15) is 27.8 Å². The van der Waals surface area contributed by atoms with Crippen molar-refractivity contribution >= 4 is 0 Å². The molecule has 0 bridgehead atoms. The fourth-order valence-electron chi connectivity index (χ4n) is 6.22. The van der Waals surface area contributed by atoms with E-state index in [9.17, 15) is 0 Å². The summed E-state index contributed by atoms with van der Waals surface area (Å²) < 4.78 is 0. The molecule has 0 fully saturated rings. The van der Waals surface area contributed by atoms with Gasteiger partial charge in [-0.2, -0.15) is 0 Å². The van der Waals surface area contributed by atoms with Crippen LogP contribution in [-0.4, -0.2) is 0 Å². The second-order valence-electron chi connectivity index (χ2n) is 8.97. The molecule has 0 aliphatic heterocycles. The minimum absolute atomic E-state index is 0.252. The molecular weight excluding hydrogens is 384 g/mol. The second kappa shape index (κ2) is 6.31. The number of hydrogen-bond acceptors (Lipinski definition) is 0.